The van der Waals surface area contributed by atoms with Crippen molar-refractivity contribution in [1.29, 1.82) is 0 Å². The molecule has 0 bridgehead atoms. The summed E-state index contributed by atoms with van der Waals surface area (Å²) in [5.74, 6) is 0. The minimum absolute atomic E-state index is 0.234. The number of hydrogen-bond acceptors (Lipinski definition) is 3. The van der Waals surface area contributed by atoms with Gasteiger partial charge in [-0.1, -0.05) is 22.0 Å². The Balaban J connectivity index is 2.67. The van der Waals surface area contributed by atoms with Gasteiger partial charge in [-0.2, -0.15) is 5.10 Å². The van der Waals surface area contributed by atoms with Crippen molar-refractivity contribution in [3.8, 4) is 11.3 Å². The normalized spacial score (nSPS) is 10.5. The number of H-pyrrole nitrogens is 1. The number of aryl methyl sites for hydroxylation is 1. The number of aromatic nitrogens is 2. The van der Waals surface area contributed by atoms with Crippen molar-refractivity contribution >= 4 is 15.9 Å². The topological polar surface area (TPSA) is 71.8 Å². The molecule has 0 fully saturated rings. The van der Waals surface area contributed by atoms with E-state index in [4.69, 9.17) is 5.73 Å². The molecule has 3 N–H and O–H groups in total. The summed E-state index contributed by atoms with van der Waals surface area (Å²) >= 11 is 3.42. The van der Waals surface area contributed by atoms with Crippen LogP contribution in [0.5, 0.6) is 0 Å². The Hall–Kier alpha value is -1.46. The monoisotopic (exact) mass is 293 g/mol. The van der Waals surface area contributed by atoms with E-state index in [0.29, 0.717) is 0 Å². The first-order valence-corrected chi connectivity index (χ1v) is 5.96. The summed E-state index contributed by atoms with van der Waals surface area (Å²) < 4.78 is 0.967. The molecule has 0 radical (unpaired) electrons. The second-order valence-corrected chi connectivity index (χ2v) is 4.69. The van der Waals surface area contributed by atoms with Crippen LogP contribution in [0.2, 0.25) is 0 Å². The third kappa shape index (κ3) is 2.45. The van der Waals surface area contributed by atoms with Crippen molar-refractivity contribution in [1.82, 2.24) is 10.2 Å². The van der Waals surface area contributed by atoms with E-state index in [-0.39, 0.29) is 12.1 Å². The summed E-state index contributed by atoms with van der Waals surface area (Å²) in [6.07, 6.45) is 0. The second kappa shape index (κ2) is 4.81. The van der Waals surface area contributed by atoms with Gasteiger partial charge < -0.3 is 5.73 Å². The summed E-state index contributed by atoms with van der Waals surface area (Å²) in [5.41, 5.74) is 8.93. The largest absolute Gasteiger partial charge is 0.326 e. The summed E-state index contributed by atoms with van der Waals surface area (Å²) in [4.78, 5) is 11.2. The predicted octanol–water partition coefficient (Wildman–Crippen LogP) is 1.97. The highest BCUT2D eigenvalue weighted by atomic mass is 79.9. The molecular weight excluding hydrogens is 282 g/mol. The molecule has 2 rings (SSSR count). The molecular formula is C12H12BrN3O. The maximum Gasteiger partial charge on any atom is 0.264 e. The third-order valence-corrected chi connectivity index (χ3v) is 3.06. The molecule has 0 amide bonds. The van der Waals surface area contributed by atoms with Gasteiger partial charge >= 0.3 is 0 Å². The zero-order chi connectivity index (χ0) is 12.4. The zero-order valence-electron chi connectivity index (χ0n) is 9.33. The molecule has 88 valence electrons. The smallest absolute Gasteiger partial charge is 0.264 e. The number of halogens is 1. The quantitative estimate of drug-likeness (QED) is 0.889. The van der Waals surface area contributed by atoms with Crippen LogP contribution in [0.1, 0.15) is 11.1 Å². The molecule has 1 aromatic carbocycles. The average molecular weight is 294 g/mol. The van der Waals surface area contributed by atoms with Crippen molar-refractivity contribution in [3.05, 3.63) is 50.2 Å². The molecule has 1 heterocycles. The van der Waals surface area contributed by atoms with Crippen molar-refractivity contribution in [2.75, 3.05) is 0 Å². The first-order chi connectivity index (χ1) is 8.11. The molecule has 0 saturated carbocycles. The molecule has 0 aliphatic carbocycles. The fraction of sp³-hybridized carbons (Fsp3) is 0.167. The van der Waals surface area contributed by atoms with Crippen LogP contribution < -0.4 is 11.3 Å². The van der Waals surface area contributed by atoms with Gasteiger partial charge in [0.25, 0.3) is 5.56 Å². The number of rotatable bonds is 2. The van der Waals surface area contributed by atoms with Gasteiger partial charge in [-0.15, -0.1) is 0 Å². The van der Waals surface area contributed by atoms with E-state index in [1.54, 1.807) is 0 Å². The number of benzene rings is 1. The van der Waals surface area contributed by atoms with Crippen molar-refractivity contribution in [2.45, 2.75) is 13.5 Å². The SMILES string of the molecule is Cc1ccc(Br)cc1-c1n[nH]c(=O)cc1CN. The van der Waals surface area contributed by atoms with Gasteiger partial charge in [0, 0.05) is 22.6 Å². The molecule has 1 aromatic heterocycles. The van der Waals surface area contributed by atoms with Crippen molar-refractivity contribution in [3.63, 3.8) is 0 Å². The van der Waals surface area contributed by atoms with Crippen LogP contribution in [-0.4, -0.2) is 10.2 Å². The van der Waals surface area contributed by atoms with E-state index in [0.717, 1.165) is 26.9 Å². The van der Waals surface area contributed by atoms with Crippen LogP contribution in [0.3, 0.4) is 0 Å². The van der Waals surface area contributed by atoms with Crippen LogP contribution >= 0.6 is 15.9 Å². The molecule has 0 aliphatic heterocycles. The lowest BCUT2D eigenvalue weighted by atomic mass is 10.0. The first-order valence-electron chi connectivity index (χ1n) is 5.17. The van der Waals surface area contributed by atoms with Crippen LogP contribution in [0.15, 0.2) is 33.5 Å². The molecule has 5 heteroatoms. The number of aromatic amines is 1. The van der Waals surface area contributed by atoms with Gasteiger partial charge in [-0.25, -0.2) is 5.10 Å². The molecule has 0 spiro atoms. The maximum absolute atomic E-state index is 11.2. The van der Waals surface area contributed by atoms with E-state index >= 15 is 0 Å². The Kier molecular flexibility index (Phi) is 3.40. The van der Waals surface area contributed by atoms with Gasteiger partial charge in [0.05, 0.1) is 5.69 Å². The van der Waals surface area contributed by atoms with E-state index in [2.05, 4.69) is 26.1 Å². The van der Waals surface area contributed by atoms with Gasteiger partial charge in [-0.3, -0.25) is 4.79 Å². The van der Waals surface area contributed by atoms with Gasteiger partial charge in [0.2, 0.25) is 0 Å². The van der Waals surface area contributed by atoms with Crippen LogP contribution in [0.4, 0.5) is 0 Å². The molecule has 4 nitrogen and oxygen atoms in total. The number of hydrogen-bond donors (Lipinski definition) is 2. The Morgan fingerprint density at radius 3 is 2.88 bits per heavy atom. The first kappa shape index (κ1) is 12.0. The summed E-state index contributed by atoms with van der Waals surface area (Å²) in [5, 5.41) is 6.53. The van der Waals surface area contributed by atoms with E-state index in [9.17, 15) is 4.79 Å². The third-order valence-electron chi connectivity index (χ3n) is 2.56. The van der Waals surface area contributed by atoms with Crippen LogP contribution in [-0.2, 0) is 6.54 Å². The summed E-state index contributed by atoms with van der Waals surface area (Å²) in [6, 6.07) is 7.41. The van der Waals surface area contributed by atoms with Crippen molar-refractivity contribution in [2.24, 2.45) is 5.73 Å². The number of nitrogens with two attached hydrogens (primary N) is 1. The summed E-state index contributed by atoms with van der Waals surface area (Å²) in [6.45, 7) is 2.28. The van der Waals surface area contributed by atoms with Gasteiger partial charge in [0.1, 0.15) is 0 Å². The molecule has 17 heavy (non-hydrogen) atoms. The van der Waals surface area contributed by atoms with E-state index in [1.807, 2.05) is 25.1 Å². The lowest BCUT2D eigenvalue weighted by Gasteiger charge is -2.09. The molecule has 0 aliphatic rings. The number of nitrogens with one attached hydrogen (secondary N) is 1. The fourth-order valence-corrected chi connectivity index (χ4v) is 2.04. The molecule has 0 atom stereocenters. The minimum Gasteiger partial charge on any atom is -0.326 e. The Labute approximate surface area is 107 Å². The lowest BCUT2D eigenvalue weighted by Crippen LogP contribution is -2.13. The average Bonchev–Trinajstić information content (AvgIpc) is 2.32. The highest BCUT2D eigenvalue weighted by Crippen LogP contribution is 2.26. The van der Waals surface area contributed by atoms with E-state index < -0.39 is 0 Å². The zero-order valence-corrected chi connectivity index (χ0v) is 10.9. The predicted molar refractivity (Wildman–Crippen MR) is 70.6 cm³/mol. The Morgan fingerprint density at radius 1 is 1.41 bits per heavy atom. The Morgan fingerprint density at radius 2 is 2.18 bits per heavy atom. The number of nitrogens with zero attached hydrogens (tertiary/aromatic N) is 1. The lowest BCUT2D eigenvalue weighted by molar-refractivity contribution is 0.943. The van der Waals surface area contributed by atoms with Gasteiger partial charge in [-0.05, 0) is 30.2 Å². The molecule has 0 unspecified atom stereocenters. The van der Waals surface area contributed by atoms with Crippen LogP contribution in [0, 0.1) is 6.92 Å². The summed E-state index contributed by atoms with van der Waals surface area (Å²) in [7, 11) is 0. The Bertz CT molecular complexity index is 607. The maximum atomic E-state index is 11.2. The second-order valence-electron chi connectivity index (χ2n) is 3.77. The molecule has 2 aromatic rings. The van der Waals surface area contributed by atoms with E-state index in [1.165, 1.54) is 6.07 Å². The van der Waals surface area contributed by atoms with Crippen LogP contribution in [0.25, 0.3) is 11.3 Å². The van der Waals surface area contributed by atoms with Gasteiger partial charge in [0.15, 0.2) is 0 Å². The fourth-order valence-electron chi connectivity index (χ4n) is 1.68. The highest BCUT2D eigenvalue weighted by Gasteiger charge is 2.09. The van der Waals surface area contributed by atoms with Crippen molar-refractivity contribution < 1.29 is 0 Å². The minimum atomic E-state index is -0.234. The highest BCUT2D eigenvalue weighted by molar-refractivity contribution is 9.10. The standard InChI is InChI=1S/C12H12BrN3O/c1-7-2-3-9(13)5-10(7)12-8(6-14)4-11(17)15-16-12/h2-5H,6,14H2,1H3,(H,15,17). The molecule has 0 saturated heterocycles.